The molecule has 0 aliphatic heterocycles. The molecule has 4 nitrogen and oxygen atoms in total. The van der Waals surface area contributed by atoms with Crippen molar-refractivity contribution in [3.8, 4) is 0 Å². The molecule has 1 N–H and O–H groups in total. The Morgan fingerprint density at radius 2 is 1.67 bits per heavy atom. The van der Waals surface area contributed by atoms with Gasteiger partial charge in [-0.2, -0.15) is 0 Å². The number of fused-ring (bicyclic) bond motifs is 1. The zero-order valence-electron chi connectivity index (χ0n) is 12.4. The molecule has 0 bridgehead atoms. The maximum Gasteiger partial charge on any atom is 0.339 e. The molecule has 1 atom stereocenters. The quantitative estimate of drug-likeness (QED) is 0.879. The van der Waals surface area contributed by atoms with E-state index in [1.165, 1.54) is 0 Å². The zero-order valence-corrected chi connectivity index (χ0v) is 12.4. The van der Waals surface area contributed by atoms with E-state index in [1.54, 1.807) is 19.1 Å². The number of nitrogens with one attached hydrogen (secondary N) is 1. The molecule has 0 aliphatic carbocycles. The molecule has 0 radical (unpaired) electrons. The number of hydrogen-bond donors (Lipinski definition) is 1. The van der Waals surface area contributed by atoms with Gasteiger partial charge in [0.05, 0.1) is 5.56 Å². The Morgan fingerprint density at radius 1 is 1.00 bits per heavy atom. The van der Waals surface area contributed by atoms with Crippen LogP contribution in [0.4, 0.5) is 0 Å². The second-order valence-corrected chi connectivity index (χ2v) is 5.24. The van der Waals surface area contributed by atoms with E-state index in [-0.39, 0.29) is 11.9 Å². The SMILES string of the molecule is CC(C)NC(=O)C(C)OC(=O)c1cccc2ccccc12. The first-order valence-electron chi connectivity index (χ1n) is 6.98. The highest BCUT2D eigenvalue weighted by molar-refractivity contribution is 6.05. The third-order valence-corrected chi connectivity index (χ3v) is 3.09. The molecule has 0 aromatic heterocycles. The largest absolute Gasteiger partial charge is 0.449 e. The minimum Gasteiger partial charge on any atom is -0.449 e. The molecule has 2 aromatic carbocycles. The molecule has 0 aliphatic rings. The number of rotatable bonds is 4. The van der Waals surface area contributed by atoms with Crippen LogP contribution in [0.5, 0.6) is 0 Å². The normalized spacial score (nSPS) is 12.2. The molecule has 0 heterocycles. The van der Waals surface area contributed by atoms with Crippen molar-refractivity contribution in [2.45, 2.75) is 32.9 Å². The van der Waals surface area contributed by atoms with Gasteiger partial charge in [-0.1, -0.05) is 36.4 Å². The molecule has 0 spiro atoms. The predicted molar refractivity (Wildman–Crippen MR) is 82.1 cm³/mol. The summed E-state index contributed by atoms with van der Waals surface area (Å²) in [5.41, 5.74) is 0.470. The van der Waals surface area contributed by atoms with Crippen LogP contribution < -0.4 is 5.32 Å². The molecule has 0 fully saturated rings. The van der Waals surface area contributed by atoms with E-state index >= 15 is 0 Å². The summed E-state index contributed by atoms with van der Waals surface area (Å²) >= 11 is 0. The van der Waals surface area contributed by atoms with E-state index < -0.39 is 12.1 Å². The van der Waals surface area contributed by atoms with Crippen LogP contribution in [0.3, 0.4) is 0 Å². The molecule has 2 aromatic rings. The van der Waals surface area contributed by atoms with Gasteiger partial charge in [0.25, 0.3) is 5.91 Å². The third-order valence-electron chi connectivity index (χ3n) is 3.09. The monoisotopic (exact) mass is 285 g/mol. The molecule has 4 heteroatoms. The minimum atomic E-state index is -0.820. The lowest BCUT2D eigenvalue weighted by Crippen LogP contribution is -2.39. The van der Waals surface area contributed by atoms with Crippen LogP contribution in [-0.4, -0.2) is 24.0 Å². The summed E-state index contributed by atoms with van der Waals surface area (Å²) in [7, 11) is 0. The van der Waals surface area contributed by atoms with Gasteiger partial charge in [0.15, 0.2) is 6.10 Å². The Hall–Kier alpha value is -2.36. The van der Waals surface area contributed by atoms with Crippen molar-refractivity contribution in [2.75, 3.05) is 0 Å². The summed E-state index contributed by atoms with van der Waals surface area (Å²) in [5, 5.41) is 4.51. The topological polar surface area (TPSA) is 55.4 Å². The molecular formula is C17H19NO3. The number of carbonyl (C=O) groups is 2. The Balaban J connectivity index is 2.18. The summed E-state index contributed by atoms with van der Waals surface area (Å²) in [4.78, 5) is 24.1. The average Bonchev–Trinajstić information content (AvgIpc) is 2.45. The summed E-state index contributed by atoms with van der Waals surface area (Å²) in [6, 6.07) is 13.0. The number of esters is 1. The molecule has 0 saturated carbocycles. The fourth-order valence-corrected chi connectivity index (χ4v) is 2.08. The second kappa shape index (κ2) is 6.39. The van der Waals surface area contributed by atoms with Crippen molar-refractivity contribution in [2.24, 2.45) is 0 Å². The van der Waals surface area contributed by atoms with Crippen molar-refractivity contribution >= 4 is 22.6 Å². The van der Waals surface area contributed by atoms with Gasteiger partial charge in [-0.15, -0.1) is 0 Å². The van der Waals surface area contributed by atoms with Crippen LogP contribution in [0.15, 0.2) is 42.5 Å². The highest BCUT2D eigenvalue weighted by Crippen LogP contribution is 2.19. The second-order valence-electron chi connectivity index (χ2n) is 5.24. The maximum atomic E-state index is 12.3. The highest BCUT2D eigenvalue weighted by Gasteiger charge is 2.20. The molecular weight excluding hydrogens is 266 g/mol. The first-order chi connectivity index (χ1) is 9.99. The van der Waals surface area contributed by atoms with E-state index in [9.17, 15) is 9.59 Å². The first-order valence-corrected chi connectivity index (χ1v) is 6.98. The van der Waals surface area contributed by atoms with Gasteiger partial charge in [-0.05, 0) is 37.6 Å². The van der Waals surface area contributed by atoms with Crippen molar-refractivity contribution in [1.82, 2.24) is 5.32 Å². The molecule has 2 rings (SSSR count). The summed E-state index contributed by atoms with van der Waals surface area (Å²) < 4.78 is 5.26. The maximum absolute atomic E-state index is 12.3. The Kier molecular flexibility index (Phi) is 4.58. The zero-order chi connectivity index (χ0) is 15.4. The predicted octanol–water partition coefficient (Wildman–Crippen LogP) is 2.91. The van der Waals surface area contributed by atoms with Gasteiger partial charge in [0.1, 0.15) is 0 Å². The highest BCUT2D eigenvalue weighted by atomic mass is 16.5. The van der Waals surface area contributed by atoms with Gasteiger partial charge < -0.3 is 10.1 Å². The van der Waals surface area contributed by atoms with Gasteiger partial charge in [-0.25, -0.2) is 4.79 Å². The van der Waals surface area contributed by atoms with Crippen molar-refractivity contribution in [3.05, 3.63) is 48.0 Å². The van der Waals surface area contributed by atoms with E-state index in [0.29, 0.717) is 5.56 Å². The van der Waals surface area contributed by atoms with Crippen LogP contribution in [0.25, 0.3) is 10.8 Å². The van der Waals surface area contributed by atoms with Gasteiger partial charge in [0.2, 0.25) is 0 Å². The average molecular weight is 285 g/mol. The van der Waals surface area contributed by atoms with Gasteiger partial charge in [0, 0.05) is 6.04 Å². The van der Waals surface area contributed by atoms with Gasteiger partial charge >= 0.3 is 5.97 Å². The minimum absolute atomic E-state index is 0.0104. The molecule has 1 unspecified atom stereocenters. The number of benzene rings is 2. The van der Waals surface area contributed by atoms with E-state index in [1.807, 2.05) is 44.2 Å². The van der Waals surface area contributed by atoms with E-state index in [4.69, 9.17) is 4.74 Å². The Bertz CT molecular complexity index is 659. The smallest absolute Gasteiger partial charge is 0.339 e. The Labute approximate surface area is 124 Å². The number of carbonyl (C=O) groups excluding carboxylic acids is 2. The van der Waals surface area contributed by atoms with Crippen molar-refractivity contribution in [3.63, 3.8) is 0 Å². The van der Waals surface area contributed by atoms with Crippen molar-refractivity contribution < 1.29 is 14.3 Å². The number of ether oxygens (including phenoxy) is 1. The fourth-order valence-electron chi connectivity index (χ4n) is 2.08. The van der Waals surface area contributed by atoms with Crippen LogP contribution in [0.1, 0.15) is 31.1 Å². The lowest BCUT2D eigenvalue weighted by Gasteiger charge is -2.16. The fraction of sp³-hybridized carbons (Fsp3) is 0.294. The molecule has 0 saturated heterocycles. The number of amides is 1. The molecule has 1 amide bonds. The van der Waals surface area contributed by atoms with E-state index in [0.717, 1.165) is 10.8 Å². The first kappa shape index (κ1) is 15.0. The van der Waals surface area contributed by atoms with Gasteiger partial charge in [-0.3, -0.25) is 4.79 Å². The summed E-state index contributed by atoms with van der Waals surface area (Å²) in [6.45, 7) is 5.29. The summed E-state index contributed by atoms with van der Waals surface area (Å²) in [5.74, 6) is -0.781. The van der Waals surface area contributed by atoms with Crippen LogP contribution in [0.2, 0.25) is 0 Å². The van der Waals surface area contributed by atoms with Crippen LogP contribution in [0, 0.1) is 0 Å². The molecule has 110 valence electrons. The van der Waals surface area contributed by atoms with E-state index in [2.05, 4.69) is 5.32 Å². The van der Waals surface area contributed by atoms with Crippen molar-refractivity contribution in [1.29, 1.82) is 0 Å². The molecule has 21 heavy (non-hydrogen) atoms. The Morgan fingerprint density at radius 3 is 2.38 bits per heavy atom. The van der Waals surface area contributed by atoms with Crippen LogP contribution >= 0.6 is 0 Å². The standard InChI is InChI=1S/C17H19NO3/c1-11(2)18-16(19)12(3)21-17(20)15-10-6-8-13-7-4-5-9-14(13)15/h4-12H,1-3H3,(H,18,19). The summed E-state index contributed by atoms with van der Waals surface area (Å²) in [6.07, 6.45) is -0.820. The van der Waals surface area contributed by atoms with Crippen LogP contribution in [-0.2, 0) is 9.53 Å². The third kappa shape index (κ3) is 3.60. The number of hydrogen-bond acceptors (Lipinski definition) is 3. The lowest BCUT2D eigenvalue weighted by atomic mass is 10.0. The lowest BCUT2D eigenvalue weighted by molar-refractivity contribution is -0.129.